The lowest BCUT2D eigenvalue weighted by atomic mass is 10.1. The fourth-order valence-corrected chi connectivity index (χ4v) is 2.52. The molecule has 3 N–H and O–H groups in total. The Morgan fingerprint density at radius 2 is 2.11 bits per heavy atom. The van der Waals surface area contributed by atoms with Crippen LogP contribution in [0.25, 0.3) is 0 Å². The SMILES string of the molecule is CC(C)(C)NS(=O)(=O)Nc1cc(C#CCO)ccn1. The first-order valence-corrected chi connectivity index (χ1v) is 7.08. The molecule has 0 saturated heterocycles. The third-order valence-electron chi connectivity index (χ3n) is 1.75. The van der Waals surface area contributed by atoms with E-state index in [0.29, 0.717) is 5.56 Å². The van der Waals surface area contributed by atoms with Crippen molar-refractivity contribution in [3.05, 3.63) is 23.9 Å². The van der Waals surface area contributed by atoms with Crippen LogP contribution in [0.3, 0.4) is 0 Å². The number of aliphatic hydroxyl groups is 1. The van der Waals surface area contributed by atoms with Crippen molar-refractivity contribution in [2.75, 3.05) is 11.3 Å². The van der Waals surface area contributed by atoms with E-state index in [-0.39, 0.29) is 12.4 Å². The Kier molecular flexibility index (Phi) is 4.89. The zero-order valence-corrected chi connectivity index (χ0v) is 11.9. The van der Waals surface area contributed by atoms with Crippen LogP contribution in [-0.4, -0.2) is 30.7 Å². The van der Waals surface area contributed by atoms with Gasteiger partial charge in [-0.1, -0.05) is 11.8 Å². The Hall–Kier alpha value is -1.62. The van der Waals surface area contributed by atoms with Crippen LogP contribution in [0, 0.1) is 11.8 Å². The Balaban J connectivity index is 2.88. The van der Waals surface area contributed by atoms with Gasteiger partial charge in [-0.05, 0) is 32.9 Å². The fraction of sp³-hybridized carbons (Fsp3) is 0.417. The lowest BCUT2D eigenvalue weighted by molar-refractivity contribution is 0.350. The van der Waals surface area contributed by atoms with Crippen LogP contribution in [-0.2, 0) is 10.2 Å². The molecule has 104 valence electrons. The van der Waals surface area contributed by atoms with Crippen molar-refractivity contribution in [3.63, 3.8) is 0 Å². The van der Waals surface area contributed by atoms with Crippen LogP contribution in [0.5, 0.6) is 0 Å². The zero-order chi connectivity index (χ0) is 14.5. The van der Waals surface area contributed by atoms with E-state index >= 15 is 0 Å². The van der Waals surface area contributed by atoms with Crippen LogP contribution in [0.4, 0.5) is 5.82 Å². The molecule has 0 amide bonds. The highest BCUT2D eigenvalue weighted by Crippen LogP contribution is 2.09. The molecule has 1 rings (SSSR count). The monoisotopic (exact) mass is 283 g/mol. The molecule has 1 aromatic rings. The van der Waals surface area contributed by atoms with E-state index in [2.05, 4.69) is 26.3 Å². The summed E-state index contributed by atoms with van der Waals surface area (Å²) in [5, 5.41) is 8.60. The second kappa shape index (κ2) is 6.02. The highest BCUT2D eigenvalue weighted by Gasteiger charge is 2.19. The van der Waals surface area contributed by atoms with Crippen molar-refractivity contribution in [2.24, 2.45) is 0 Å². The molecule has 0 saturated carbocycles. The molecule has 0 aliphatic rings. The number of aromatic nitrogens is 1. The first-order chi connectivity index (χ1) is 8.72. The molecule has 1 heterocycles. The van der Waals surface area contributed by atoms with Gasteiger partial charge in [-0.3, -0.25) is 4.72 Å². The fourth-order valence-electron chi connectivity index (χ4n) is 1.27. The molecule has 0 atom stereocenters. The number of nitrogens with zero attached hydrogens (tertiary/aromatic N) is 1. The van der Waals surface area contributed by atoms with E-state index in [9.17, 15) is 8.42 Å². The molecule has 0 spiro atoms. The maximum absolute atomic E-state index is 11.8. The normalized spacial score (nSPS) is 11.6. The van der Waals surface area contributed by atoms with Crippen LogP contribution < -0.4 is 9.44 Å². The molecule has 1 aromatic heterocycles. The third kappa shape index (κ3) is 6.20. The minimum Gasteiger partial charge on any atom is -0.384 e. The standard InChI is InChI=1S/C12H17N3O3S/c1-12(2,3)15-19(17,18)14-11-9-10(5-4-8-16)6-7-13-11/h6-7,9,15-16H,8H2,1-3H3,(H,13,14). The van der Waals surface area contributed by atoms with Gasteiger partial charge in [0.15, 0.2) is 0 Å². The molecule has 0 bridgehead atoms. The summed E-state index contributed by atoms with van der Waals surface area (Å²) < 4.78 is 28.4. The smallest absolute Gasteiger partial charge is 0.300 e. The molecule has 7 heteroatoms. The summed E-state index contributed by atoms with van der Waals surface area (Å²) in [7, 11) is -3.69. The van der Waals surface area contributed by atoms with E-state index in [1.165, 1.54) is 12.3 Å². The average molecular weight is 283 g/mol. The van der Waals surface area contributed by atoms with Crippen molar-refractivity contribution in [3.8, 4) is 11.8 Å². The van der Waals surface area contributed by atoms with Crippen molar-refractivity contribution >= 4 is 16.0 Å². The van der Waals surface area contributed by atoms with Gasteiger partial charge in [-0.2, -0.15) is 13.1 Å². The molecular weight excluding hydrogens is 266 g/mol. The van der Waals surface area contributed by atoms with Gasteiger partial charge in [0, 0.05) is 17.3 Å². The third-order valence-corrected chi connectivity index (χ3v) is 3.11. The van der Waals surface area contributed by atoms with Crippen molar-refractivity contribution in [2.45, 2.75) is 26.3 Å². The Morgan fingerprint density at radius 1 is 1.42 bits per heavy atom. The summed E-state index contributed by atoms with van der Waals surface area (Å²) >= 11 is 0. The number of nitrogens with one attached hydrogen (secondary N) is 2. The number of hydrogen-bond donors (Lipinski definition) is 3. The Morgan fingerprint density at radius 3 is 2.68 bits per heavy atom. The molecule has 0 aromatic carbocycles. The van der Waals surface area contributed by atoms with Gasteiger partial charge < -0.3 is 5.11 Å². The number of rotatable bonds is 3. The van der Waals surface area contributed by atoms with E-state index in [4.69, 9.17) is 5.11 Å². The maximum Gasteiger partial charge on any atom is 0.300 e. The molecule has 19 heavy (non-hydrogen) atoms. The first kappa shape index (κ1) is 15.4. The quantitative estimate of drug-likeness (QED) is 0.703. The van der Waals surface area contributed by atoms with Gasteiger partial charge in [0.05, 0.1) is 0 Å². The molecule has 0 aliphatic carbocycles. The first-order valence-electron chi connectivity index (χ1n) is 5.59. The zero-order valence-electron chi connectivity index (χ0n) is 11.1. The minimum absolute atomic E-state index is 0.168. The van der Waals surface area contributed by atoms with Gasteiger partial charge in [0.25, 0.3) is 0 Å². The number of hydrogen-bond acceptors (Lipinski definition) is 4. The number of aliphatic hydroxyl groups excluding tert-OH is 1. The topological polar surface area (TPSA) is 91.3 Å². The van der Waals surface area contributed by atoms with Crippen molar-refractivity contribution in [1.82, 2.24) is 9.71 Å². The van der Waals surface area contributed by atoms with Gasteiger partial charge >= 0.3 is 10.2 Å². The highest BCUT2D eigenvalue weighted by molar-refractivity contribution is 7.90. The van der Waals surface area contributed by atoms with Gasteiger partial charge in [-0.25, -0.2) is 4.98 Å². The predicted octanol–water partition coefficient (Wildman–Crippen LogP) is 0.470. The summed E-state index contributed by atoms with van der Waals surface area (Å²) in [6, 6.07) is 3.11. The second-order valence-corrected chi connectivity index (χ2v) is 6.26. The predicted molar refractivity (Wildman–Crippen MR) is 73.6 cm³/mol. The van der Waals surface area contributed by atoms with Crippen LogP contribution in [0.15, 0.2) is 18.3 Å². The number of anilines is 1. The molecule has 0 fully saturated rings. The molecular formula is C12H17N3O3S. The lowest BCUT2D eigenvalue weighted by Crippen LogP contribution is -2.43. The largest absolute Gasteiger partial charge is 0.384 e. The molecule has 0 unspecified atom stereocenters. The Labute approximate surface area is 113 Å². The summed E-state index contributed by atoms with van der Waals surface area (Å²) in [4.78, 5) is 3.90. The summed E-state index contributed by atoms with van der Waals surface area (Å²) in [5.41, 5.74) is -0.0161. The lowest BCUT2D eigenvalue weighted by Gasteiger charge is -2.20. The molecule has 6 nitrogen and oxygen atoms in total. The Bertz CT molecular complexity index is 595. The van der Waals surface area contributed by atoms with Crippen LogP contribution >= 0.6 is 0 Å². The summed E-state index contributed by atoms with van der Waals surface area (Å²) in [6.45, 7) is 4.96. The van der Waals surface area contributed by atoms with Gasteiger partial charge in [0.2, 0.25) is 0 Å². The van der Waals surface area contributed by atoms with Crippen LogP contribution in [0.2, 0.25) is 0 Å². The maximum atomic E-state index is 11.8. The van der Waals surface area contributed by atoms with Gasteiger partial charge in [0.1, 0.15) is 12.4 Å². The molecule has 0 aliphatic heterocycles. The number of pyridine rings is 1. The second-order valence-electron chi connectivity index (χ2n) is 4.85. The van der Waals surface area contributed by atoms with Gasteiger partial charge in [-0.15, -0.1) is 0 Å². The van der Waals surface area contributed by atoms with Crippen molar-refractivity contribution in [1.29, 1.82) is 0 Å². The van der Waals surface area contributed by atoms with E-state index in [1.807, 2.05) is 0 Å². The summed E-state index contributed by atoms with van der Waals surface area (Å²) in [5.74, 6) is 5.32. The van der Waals surface area contributed by atoms with E-state index < -0.39 is 15.7 Å². The van der Waals surface area contributed by atoms with Crippen molar-refractivity contribution < 1.29 is 13.5 Å². The van der Waals surface area contributed by atoms with Crippen LogP contribution in [0.1, 0.15) is 26.3 Å². The minimum atomic E-state index is -3.69. The molecule has 0 radical (unpaired) electrons. The average Bonchev–Trinajstić information content (AvgIpc) is 2.22. The van der Waals surface area contributed by atoms with E-state index in [0.717, 1.165) is 0 Å². The highest BCUT2D eigenvalue weighted by atomic mass is 32.2. The summed E-state index contributed by atoms with van der Waals surface area (Å²) in [6.07, 6.45) is 1.44. The van der Waals surface area contributed by atoms with E-state index in [1.54, 1.807) is 26.8 Å².